The minimum absolute atomic E-state index is 0.112. The normalized spacial score (nSPS) is 10.9. The van der Waals surface area contributed by atoms with E-state index in [1.807, 2.05) is 24.3 Å². The maximum Gasteiger partial charge on any atom is 0.293 e. The molecule has 0 aliphatic rings. The van der Waals surface area contributed by atoms with Gasteiger partial charge in [-0.1, -0.05) is 12.1 Å². The summed E-state index contributed by atoms with van der Waals surface area (Å²) in [6, 6.07) is 7.52. The van der Waals surface area contributed by atoms with Crippen molar-refractivity contribution in [3.8, 4) is 11.3 Å². The van der Waals surface area contributed by atoms with Crippen LogP contribution in [0.25, 0.3) is 16.9 Å². The summed E-state index contributed by atoms with van der Waals surface area (Å²) in [5.74, 6) is 0. The van der Waals surface area contributed by atoms with E-state index in [-0.39, 0.29) is 5.56 Å². The topological polar surface area (TPSA) is 65.3 Å². The maximum absolute atomic E-state index is 11.9. The Balaban J connectivity index is 2.35. The van der Waals surface area contributed by atoms with Gasteiger partial charge in [0.05, 0.1) is 5.69 Å². The molecule has 1 aromatic carbocycles. The number of imidazole rings is 1. The summed E-state index contributed by atoms with van der Waals surface area (Å²) in [6.45, 7) is 0. The number of nitrogens with two attached hydrogens (primary N) is 1. The molecule has 0 atom stereocenters. The van der Waals surface area contributed by atoms with Gasteiger partial charge >= 0.3 is 0 Å². The molecule has 2 N–H and O–H groups in total. The van der Waals surface area contributed by atoms with Crippen LogP contribution in [0, 0.1) is 0 Å². The smallest absolute Gasteiger partial charge is 0.293 e. The Morgan fingerprint density at radius 2 is 1.94 bits per heavy atom. The molecular formula is C13H12N4O. The fourth-order valence-corrected chi connectivity index (χ4v) is 1.99. The van der Waals surface area contributed by atoms with Crippen molar-refractivity contribution in [3.63, 3.8) is 0 Å². The molecule has 0 radical (unpaired) electrons. The van der Waals surface area contributed by atoms with Crippen LogP contribution >= 0.6 is 0 Å². The second kappa shape index (κ2) is 3.73. The molecular weight excluding hydrogens is 228 g/mol. The SMILES string of the molecule is Cn1cc(-c2ccc(N)cc2)n2ccnc2c1=O. The quantitative estimate of drug-likeness (QED) is 0.652. The Bertz CT molecular complexity index is 768. The molecule has 3 rings (SSSR count). The van der Waals surface area contributed by atoms with E-state index in [2.05, 4.69) is 4.98 Å². The van der Waals surface area contributed by atoms with Gasteiger partial charge in [-0.15, -0.1) is 0 Å². The molecule has 2 heterocycles. The summed E-state index contributed by atoms with van der Waals surface area (Å²) in [5.41, 5.74) is 8.60. The second-order valence-electron chi connectivity index (χ2n) is 4.17. The van der Waals surface area contributed by atoms with Crippen LogP contribution in [0.5, 0.6) is 0 Å². The predicted molar refractivity (Wildman–Crippen MR) is 70.3 cm³/mol. The third kappa shape index (κ3) is 1.48. The molecule has 90 valence electrons. The van der Waals surface area contributed by atoms with E-state index in [1.165, 1.54) is 4.57 Å². The van der Waals surface area contributed by atoms with Crippen molar-refractivity contribution in [3.05, 3.63) is 53.2 Å². The summed E-state index contributed by atoms with van der Waals surface area (Å²) in [4.78, 5) is 16.0. The van der Waals surface area contributed by atoms with Gasteiger partial charge in [-0.2, -0.15) is 0 Å². The maximum atomic E-state index is 11.9. The van der Waals surface area contributed by atoms with Crippen LogP contribution in [0.4, 0.5) is 5.69 Å². The van der Waals surface area contributed by atoms with Crippen molar-refractivity contribution in [2.24, 2.45) is 7.05 Å². The first-order valence-electron chi connectivity index (χ1n) is 5.55. The number of hydrogen-bond donors (Lipinski definition) is 1. The number of benzene rings is 1. The molecule has 0 bridgehead atoms. The van der Waals surface area contributed by atoms with Crippen LogP contribution < -0.4 is 11.3 Å². The molecule has 0 aliphatic heterocycles. The lowest BCUT2D eigenvalue weighted by atomic mass is 10.1. The highest BCUT2D eigenvalue weighted by molar-refractivity contribution is 5.64. The summed E-state index contributed by atoms with van der Waals surface area (Å²) in [7, 11) is 1.72. The average Bonchev–Trinajstić information content (AvgIpc) is 2.84. The van der Waals surface area contributed by atoms with Gasteiger partial charge in [0.25, 0.3) is 5.56 Å². The lowest BCUT2D eigenvalue weighted by molar-refractivity contribution is 0.846. The third-order valence-electron chi connectivity index (χ3n) is 2.93. The van der Waals surface area contributed by atoms with Crippen LogP contribution in [-0.4, -0.2) is 14.0 Å². The molecule has 0 fully saturated rings. The fourth-order valence-electron chi connectivity index (χ4n) is 1.99. The van der Waals surface area contributed by atoms with Gasteiger partial charge in [0.15, 0.2) is 0 Å². The highest BCUT2D eigenvalue weighted by Gasteiger charge is 2.08. The minimum Gasteiger partial charge on any atom is -0.399 e. The first kappa shape index (κ1) is 10.6. The zero-order chi connectivity index (χ0) is 12.7. The summed E-state index contributed by atoms with van der Waals surface area (Å²) in [6.07, 6.45) is 5.20. The van der Waals surface area contributed by atoms with Crippen LogP contribution in [0.3, 0.4) is 0 Å². The molecule has 3 aromatic rings. The number of rotatable bonds is 1. The van der Waals surface area contributed by atoms with Gasteiger partial charge in [-0.05, 0) is 12.1 Å². The van der Waals surface area contributed by atoms with Crippen LogP contribution in [-0.2, 0) is 7.05 Å². The van der Waals surface area contributed by atoms with Crippen molar-refractivity contribution in [1.82, 2.24) is 14.0 Å². The molecule has 0 saturated heterocycles. The third-order valence-corrected chi connectivity index (χ3v) is 2.93. The van der Waals surface area contributed by atoms with E-state index in [0.717, 1.165) is 11.3 Å². The number of nitrogen functional groups attached to an aromatic ring is 1. The lowest BCUT2D eigenvalue weighted by Gasteiger charge is -2.08. The Labute approximate surface area is 103 Å². The Hall–Kier alpha value is -2.56. The number of aromatic nitrogens is 3. The van der Waals surface area contributed by atoms with Crippen molar-refractivity contribution in [1.29, 1.82) is 0 Å². The number of fused-ring (bicyclic) bond motifs is 1. The number of anilines is 1. The lowest BCUT2D eigenvalue weighted by Crippen LogP contribution is -2.19. The Morgan fingerprint density at radius 1 is 1.22 bits per heavy atom. The van der Waals surface area contributed by atoms with E-state index in [4.69, 9.17) is 5.73 Å². The van der Waals surface area contributed by atoms with Gasteiger partial charge in [0.2, 0.25) is 5.65 Å². The van der Waals surface area contributed by atoms with Crippen LogP contribution in [0.1, 0.15) is 0 Å². The standard InChI is InChI=1S/C13H12N4O/c1-16-8-11(9-2-4-10(14)5-3-9)17-7-6-15-12(17)13(16)18/h2-8H,14H2,1H3. The van der Waals surface area contributed by atoms with Gasteiger partial charge < -0.3 is 10.3 Å². The molecule has 5 nitrogen and oxygen atoms in total. The number of aryl methyl sites for hydroxylation is 1. The van der Waals surface area contributed by atoms with E-state index in [0.29, 0.717) is 11.3 Å². The van der Waals surface area contributed by atoms with E-state index in [9.17, 15) is 4.79 Å². The molecule has 0 unspecified atom stereocenters. The average molecular weight is 240 g/mol. The van der Waals surface area contributed by atoms with Crippen LogP contribution in [0.2, 0.25) is 0 Å². The Kier molecular flexibility index (Phi) is 2.19. The first-order chi connectivity index (χ1) is 8.66. The molecule has 0 aliphatic carbocycles. The van der Waals surface area contributed by atoms with Crippen LogP contribution in [0.15, 0.2) is 47.7 Å². The monoisotopic (exact) mass is 240 g/mol. The molecule has 0 amide bonds. The van der Waals surface area contributed by atoms with Crippen molar-refractivity contribution < 1.29 is 0 Å². The zero-order valence-electron chi connectivity index (χ0n) is 9.87. The van der Waals surface area contributed by atoms with Crippen molar-refractivity contribution in [2.45, 2.75) is 0 Å². The molecule has 0 saturated carbocycles. The number of hydrogen-bond acceptors (Lipinski definition) is 3. The largest absolute Gasteiger partial charge is 0.399 e. The van der Waals surface area contributed by atoms with Gasteiger partial charge in [0, 0.05) is 36.9 Å². The highest BCUT2D eigenvalue weighted by Crippen LogP contribution is 2.20. The van der Waals surface area contributed by atoms with Crippen molar-refractivity contribution >= 4 is 11.3 Å². The highest BCUT2D eigenvalue weighted by atomic mass is 16.1. The van der Waals surface area contributed by atoms with E-state index < -0.39 is 0 Å². The summed E-state index contributed by atoms with van der Waals surface area (Å²) < 4.78 is 3.32. The van der Waals surface area contributed by atoms with Gasteiger partial charge in [-0.3, -0.25) is 9.20 Å². The molecule has 18 heavy (non-hydrogen) atoms. The predicted octanol–water partition coefficient (Wildman–Crippen LogP) is 1.28. The Morgan fingerprint density at radius 3 is 2.67 bits per heavy atom. The first-order valence-corrected chi connectivity index (χ1v) is 5.55. The second-order valence-corrected chi connectivity index (χ2v) is 4.17. The molecule has 0 spiro atoms. The zero-order valence-corrected chi connectivity index (χ0v) is 9.87. The summed E-state index contributed by atoms with van der Waals surface area (Å²) >= 11 is 0. The minimum atomic E-state index is -0.112. The molecule has 2 aromatic heterocycles. The summed E-state index contributed by atoms with van der Waals surface area (Å²) in [5, 5.41) is 0. The van der Waals surface area contributed by atoms with Gasteiger partial charge in [0.1, 0.15) is 0 Å². The van der Waals surface area contributed by atoms with E-state index in [1.54, 1.807) is 30.0 Å². The number of nitrogens with zero attached hydrogens (tertiary/aromatic N) is 3. The van der Waals surface area contributed by atoms with E-state index >= 15 is 0 Å². The molecule has 5 heteroatoms. The fraction of sp³-hybridized carbons (Fsp3) is 0.0769. The van der Waals surface area contributed by atoms with Gasteiger partial charge in [-0.25, -0.2) is 4.98 Å². The van der Waals surface area contributed by atoms with Crippen molar-refractivity contribution in [2.75, 3.05) is 5.73 Å².